The van der Waals surface area contributed by atoms with Gasteiger partial charge in [-0.05, 0) is 96.8 Å². The van der Waals surface area contributed by atoms with Crippen LogP contribution in [0.4, 0.5) is 5.69 Å². The minimum absolute atomic E-state index is 0.00692. The molecule has 0 unspecified atom stereocenters. The van der Waals surface area contributed by atoms with E-state index in [-0.39, 0.29) is 12.5 Å². The van der Waals surface area contributed by atoms with Crippen molar-refractivity contribution in [3.63, 3.8) is 0 Å². The van der Waals surface area contributed by atoms with Gasteiger partial charge in [0.25, 0.3) is 5.91 Å². The number of rotatable bonds is 4. The van der Waals surface area contributed by atoms with Crippen molar-refractivity contribution in [3.8, 4) is 5.75 Å². The molecule has 116 valence electrons. The Balaban J connectivity index is 1.98. The monoisotopic (exact) mass is 409 g/mol. The van der Waals surface area contributed by atoms with Gasteiger partial charge < -0.3 is 10.1 Å². The van der Waals surface area contributed by atoms with Crippen molar-refractivity contribution in [1.29, 1.82) is 0 Å². The molecule has 0 atom stereocenters. The lowest BCUT2D eigenvalue weighted by Gasteiger charge is -2.11. The predicted molar refractivity (Wildman–Crippen MR) is 98.7 cm³/mol. The van der Waals surface area contributed by atoms with E-state index < -0.39 is 0 Å². The first-order chi connectivity index (χ1) is 10.3. The minimum Gasteiger partial charge on any atom is -0.484 e. The second-order valence-electron chi connectivity index (χ2n) is 5.58. The van der Waals surface area contributed by atoms with Crippen LogP contribution in [0.2, 0.25) is 0 Å². The fourth-order valence-electron chi connectivity index (χ4n) is 2.38. The van der Waals surface area contributed by atoms with Crippen molar-refractivity contribution in [3.05, 3.63) is 56.2 Å². The highest BCUT2D eigenvalue weighted by molar-refractivity contribution is 14.1. The molecule has 0 saturated heterocycles. The van der Waals surface area contributed by atoms with Crippen LogP contribution in [0.25, 0.3) is 0 Å². The van der Waals surface area contributed by atoms with Gasteiger partial charge in [-0.1, -0.05) is 6.07 Å². The number of carbonyl (C=O) groups is 1. The normalized spacial score (nSPS) is 10.4. The van der Waals surface area contributed by atoms with Gasteiger partial charge in [-0.15, -0.1) is 0 Å². The summed E-state index contributed by atoms with van der Waals surface area (Å²) in [4.78, 5) is 12.0. The van der Waals surface area contributed by atoms with Crippen molar-refractivity contribution in [2.75, 3.05) is 11.9 Å². The Kier molecular flexibility index (Phi) is 5.45. The Morgan fingerprint density at radius 1 is 1.00 bits per heavy atom. The van der Waals surface area contributed by atoms with Crippen LogP contribution in [0.5, 0.6) is 5.75 Å². The van der Waals surface area contributed by atoms with Crippen LogP contribution in [-0.4, -0.2) is 12.5 Å². The zero-order chi connectivity index (χ0) is 16.3. The number of hydrogen-bond donors (Lipinski definition) is 1. The van der Waals surface area contributed by atoms with Gasteiger partial charge >= 0.3 is 0 Å². The van der Waals surface area contributed by atoms with Crippen LogP contribution in [0.1, 0.15) is 22.3 Å². The second-order valence-corrected chi connectivity index (χ2v) is 6.66. The third kappa shape index (κ3) is 4.47. The molecule has 0 aromatic heterocycles. The number of carbonyl (C=O) groups excluding carboxylic acids is 1. The molecule has 1 N–H and O–H groups in total. The van der Waals surface area contributed by atoms with Gasteiger partial charge in [0.1, 0.15) is 5.75 Å². The van der Waals surface area contributed by atoms with Crippen LogP contribution in [0.15, 0.2) is 30.3 Å². The molecule has 2 aromatic rings. The first kappa shape index (κ1) is 16.8. The number of amides is 1. The summed E-state index contributed by atoms with van der Waals surface area (Å²) in [5, 5.41) is 2.88. The molecule has 0 aliphatic carbocycles. The van der Waals surface area contributed by atoms with E-state index in [0.29, 0.717) is 0 Å². The Labute approximate surface area is 145 Å². The van der Waals surface area contributed by atoms with E-state index >= 15 is 0 Å². The number of ether oxygens (including phenoxy) is 1. The van der Waals surface area contributed by atoms with E-state index in [9.17, 15) is 4.79 Å². The number of benzene rings is 2. The van der Waals surface area contributed by atoms with Gasteiger partial charge in [0, 0.05) is 9.26 Å². The van der Waals surface area contributed by atoms with E-state index in [1.807, 2.05) is 52.0 Å². The molecule has 0 radical (unpaired) electrons. The Morgan fingerprint density at radius 3 is 2.09 bits per heavy atom. The van der Waals surface area contributed by atoms with Gasteiger partial charge in [-0.3, -0.25) is 4.79 Å². The number of anilines is 1. The van der Waals surface area contributed by atoms with E-state index in [1.54, 1.807) is 0 Å². The fraction of sp³-hybridized carbons (Fsp3) is 0.278. The maximum absolute atomic E-state index is 12.0. The van der Waals surface area contributed by atoms with Gasteiger partial charge in [0.2, 0.25) is 0 Å². The average molecular weight is 409 g/mol. The molecule has 22 heavy (non-hydrogen) atoms. The molecule has 0 spiro atoms. The summed E-state index contributed by atoms with van der Waals surface area (Å²) < 4.78 is 6.80. The van der Waals surface area contributed by atoms with Crippen molar-refractivity contribution in [1.82, 2.24) is 0 Å². The molecule has 4 heteroatoms. The lowest BCUT2D eigenvalue weighted by atomic mass is 10.1. The molecule has 0 aliphatic rings. The van der Waals surface area contributed by atoms with Gasteiger partial charge in [0.15, 0.2) is 6.61 Å². The van der Waals surface area contributed by atoms with Crippen LogP contribution in [0, 0.1) is 31.3 Å². The van der Waals surface area contributed by atoms with E-state index in [1.165, 1.54) is 3.57 Å². The lowest BCUT2D eigenvalue weighted by Crippen LogP contribution is -2.20. The van der Waals surface area contributed by atoms with Crippen molar-refractivity contribution in [2.45, 2.75) is 27.7 Å². The molecule has 1 amide bonds. The molecule has 0 fully saturated rings. The van der Waals surface area contributed by atoms with Crippen LogP contribution in [-0.2, 0) is 4.79 Å². The van der Waals surface area contributed by atoms with E-state index in [4.69, 9.17) is 4.74 Å². The largest absolute Gasteiger partial charge is 0.484 e. The molecule has 2 rings (SSSR count). The summed E-state index contributed by atoms with van der Waals surface area (Å²) in [7, 11) is 0. The molecular formula is C18H20INO2. The number of hydrogen-bond acceptors (Lipinski definition) is 2. The first-order valence-corrected chi connectivity index (χ1v) is 8.20. The molecule has 0 aliphatic heterocycles. The van der Waals surface area contributed by atoms with Crippen LogP contribution >= 0.6 is 22.6 Å². The zero-order valence-electron chi connectivity index (χ0n) is 13.3. The quantitative estimate of drug-likeness (QED) is 0.753. The number of halogens is 1. The molecule has 2 aromatic carbocycles. The zero-order valence-corrected chi connectivity index (χ0v) is 15.4. The molecule has 3 nitrogen and oxygen atoms in total. The Hall–Kier alpha value is -1.56. The second kappa shape index (κ2) is 7.13. The fourth-order valence-corrected chi connectivity index (χ4v) is 2.69. The highest BCUT2D eigenvalue weighted by Gasteiger charge is 2.07. The van der Waals surface area contributed by atoms with Crippen LogP contribution < -0.4 is 10.1 Å². The third-order valence-corrected chi connectivity index (χ3v) is 4.99. The maximum atomic E-state index is 12.0. The molecular weight excluding hydrogens is 389 g/mol. The van der Waals surface area contributed by atoms with Gasteiger partial charge in [-0.25, -0.2) is 0 Å². The van der Waals surface area contributed by atoms with Gasteiger partial charge in [0.05, 0.1) is 0 Å². The highest BCUT2D eigenvalue weighted by atomic mass is 127. The number of aryl methyl sites for hydroxylation is 4. The third-order valence-electron chi connectivity index (χ3n) is 3.29. The minimum atomic E-state index is -0.154. The summed E-state index contributed by atoms with van der Waals surface area (Å²) in [6, 6.07) is 9.88. The Bertz CT molecular complexity index is 667. The molecule has 0 saturated carbocycles. The summed E-state index contributed by atoms with van der Waals surface area (Å²) >= 11 is 2.31. The highest BCUT2D eigenvalue weighted by Crippen LogP contribution is 2.21. The molecule has 0 heterocycles. The topological polar surface area (TPSA) is 38.3 Å². The van der Waals surface area contributed by atoms with E-state index in [2.05, 4.69) is 34.0 Å². The van der Waals surface area contributed by atoms with Crippen LogP contribution in [0.3, 0.4) is 0 Å². The summed E-state index contributed by atoms with van der Waals surface area (Å²) in [6.45, 7) is 8.11. The smallest absolute Gasteiger partial charge is 0.262 e. The lowest BCUT2D eigenvalue weighted by molar-refractivity contribution is -0.118. The van der Waals surface area contributed by atoms with Crippen molar-refractivity contribution < 1.29 is 9.53 Å². The maximum Gasteiger partial charge on any atom is 0.262 e. The SMILES string of the molecule is Cc1cc(C)cc(OCC(=O)Nc2cc(C)c(I)c(C)c2)c1. The van der Waals surface area contributed by atoms with E-state index in [0.717, 1.165) is 33.7 Å². The summed E-state index contributed by atoms with van der Waals surface area (Å²) in [5.74, 6) is 0.571. The summed E-state index contributed by atoms with van der Waals surface area (Å²) in [6.07, 6.45) is 0. The Morgan fingerprint density at radius 2 is 1.55 bits per heavy atom. The van der Waals surface area contributed by atoms with Crippen molar-refractivity contribution >= 4 is 34.2 Å². The van der Waals surface area contributed by atoms with Gasteiger partial charge in [-0.2, -0.15) is 0 Å². The molecule has 0 bridgehead atoms. The standard InChI is InChI=1S/C18H20INO2/c1-11-5-12(2)7-16(6-11)22-10-17(21)20-15-8-13(3)18(19)14(4)9-15/h5-9H,10H2,1-4H3,(H,20,21). The predicted octanol–water partition coefficient (Wildman–Crippen LogP) is 4.54. The van der Waals surface area contributed by atoms with Crippen molar-refractivity contribution in [2.24, 2.45) is 0 Å². The number of nitrogens with one attached hydrogen (secondary N) is 1. The first-order valence-electron chi connectivity index (χ1n) is 7.13. The average Bonchev–Trinajstić information content (AvgIpc) is 2.41. The summed E-state index contributed by atoms with van der Waals surface area (Å²) in [5.41, 5.74) is 5.38.